The lowest BCUT2D eigenvalue weighted by molar-refractivity contribution is -0.158. The molecule has 6 heteroatoms. The van der Waals surface area contributed by atoms with Gasteiger partial charge in [0, 0.05) is 19.3 Å². The maximum atomic E-state index is 12.2. The standard InChI is InChI=1S/C12H20N4O2/c1-9-6-15(8-12(2,3)18-9)11(17)7-16-5-4-10(13)14-16/h4-5,9H,6-8H2,1-3H3,(H2,13,14). The zero-order valence-corrected chi connectivity index (χ0v) is 11.1. The van der Waals surface area contributed by atoms with Gasteiger partial charge < -0.3 is 15.4 Å². The number of anilines is 1. The monoisotopic (exact) mass is 252 g/mol. The molecule has 1 saturated heterocycles. The molecule has 1 fully saturated rings. The summed E-state index contributed by atoms with van der Waals surface area (Å²) in [7, 11) is 0. The number of carbonyl (C=O) groups excluding carboxylic acids is 1. The molecule has 100 valence electrons. The highest BCUT2D eigenvalue weighted by Gasteiger charge is 2.33. The van der Waals surface area contributed by atoms with E-state index in [1.54, 1.807) is 16.9 Å². The fourth-order valence-electron chi connectivity index (χ4n) is 2.35. The lowest BCUT2D eigenvalue weighted by Gasteiger charge is -2.41. The van der Waals surface area contributed by atoms with Crippen molar-refractivity contribution in [1.82, 2.24) is 14.7 Å². The number of ether oxygens (including phenoxy) is 1. The zero-order valence-electron chi connectivity index (χ0n) is 11.1. The molecule has 0 aliphatic carbocycles. The Labute approximate surface area is 107 Å². The second-order valence-corrected chi connectivity index (χ2v) is 5.40. The van der Waals surface area contributed by atoms with Crippen molar-refractivity contribution in [2.24, 2.45) is 0 Å². The Morgan fingerprint density at radius 3 is 2.94 bits per heavy atom. The molecule has 1 amide bonds. The topological polar surface area (TPSA) is 73.4 Å². The summed E-state index contributed by atoms with van der Waals surface area (Å²) in [4.78, 5) is 14.0. The Bertz CT molecular complexity index is 441. The number of hydrogen-bond donors (Lipinski definition) is 1. The molecule has 0 spiro atoms. The number of nitrogens with two attached hydrogens (primary N) is 1. The van der Waals surface area contributed by atoms with Crippen molar-refractivity contribution < 1.29 is 9.53 Å². The largest absolute Gasteiger partial charge is 0.382 e. The van der Waals surface area contributed by atoms with Crippen LogP contribution in [0.1, 0.15) is 20.8 Å². The summed E-state index contributed by atoms with van der Waals surface area (Å²) in [5, 5.41) is 4.02. The maximum absolute atomic E-state index is 12.2. The van der Waals surface area contributed by atoms with Crippen molar-refractivity contribution in [3.63, 3.8) is 0 Å². The minimum Gasteiger partial charge on any atom is -0.382 e. The normalized spacial score (nSPS) is 23.1. The van der Waals surface area contributed by atoms with E-state index in [9.17, 15) is 4.79 Å². The highest BCUT2D eigenvalue weighted by Crippen LogP contribution is 2.20. The summed E-state index contributed by atoms with van der Waals surface area (Å²) in [6.45, 7) is 7.42. The van der Waals surface area contributed by atoms with Gasteiger partial charge in [-0.05, 0) is 26.8 Å². The van der Waals surface area contributed by atoms with E-state index in [-0.39, 0.29) is 24.2 Å². The van der Waals surface area contributed by atoms with Crippen LogP contribution >= 0.6 is 0 Å². The third-order valence-electron chi connectivity index (χ3n) is 2.88. The van der Waals surface area contributed by atoms with Gasteiger partial charge in [0.05, 0.1) is 11.7 Å². The van der Waals surface area contributed by atoms with Crippen LogP contribution in [0, 0.1) is 0 Å². The molecule has 1 unspecified atom stereocenters. The number of morpholine rings is 1. The van der Waals surface area contributed by atoms with Gasteiger partial charge in [-0.15, -0.1) is 0 Å². The molecule has 1 aromatic rings. The number of nitrogen functional groups attached to an aromatic ring is 1. The molecule has 2 heterocycles. The molecule has 0 aromatic carbocycles. The van der Waals surface area contributed by atoms with Crippen LogP contribution in [0.4, 0.5) is 5.82 Å². The zero-order chi connectivity index (χ0) is 13.3. The summed E-state index contributed by atoms with van der Waals surface area (Å²) < 4.78 is 7.33. The first kappa shape index (κ1) is 12.9. The van der Waals surface area contributed by atoms with Gasteiger partial charge in [-0.1, -0.05) is 0 Å². The predicted molar refractivity (Wildman–Crippen MR) is 67.8 cm³/mol. The fourth-order valence-corrected chi connectivity index (χ4v) is 2.35. The van der Waals surface area contributed by atoms with E-state index in [1.807, 2.05) is 25.7 Å². The number of rotatable bonds is 2. The SMILES string of the molecule is CC1CN(C(=O)Cn2ccc(N)n2)CC(C)(C)O1. The van der Waals surface area contributed by atoms with Gasteiger partial charge in [-0.3, -0.25) is 9.48 Å². The first-order valence-corrected chi connectivity index (χ1v) is 6.10. The van der Waals surface area contributed by atoms with Crippen LogP contribution in [-0.4, -0.2) is 45.4 Å². The molecule has 2 N–H and O–H groups in total. The van der Waals surface area contributed by atoms with E-state index >= 15 is 0 Å². The summed E-state index contributed by atoms with van der Waals surface area (Å²) in [5.74, 6) is 0.472. The fraction of sp³-hybridized carbons (Fsp3) is 0.667. The molecule has 0 radical (unpaired) electrons. The smallest absolute Gasteiger partial charge is 0.244 e. The summed E-state index contributed by atoms with van der Waals surface area (Å²) in [6.07, 6.45) is 1.77. The van der Waals surface area contributed by atoms with Crippen molar-refractivity contribution in [3.05, 3.63) is 12.3 Å². The van der Waals surface area contributed by atoms with Crippen molar-refractivity contribution >= 4 is 11.7 Å². The molecule has 18 heavy (non-hydrogen) atoms. The van der Waals surface area contributed by atoms with Crippen LogP contribution in [0.2, 0.25) is 0 Å². The van der Waals surface area contributed by atoms with E-state index in [2.05, 4.69) is 5.10 Å². The average Bonchev–Trinajstić information content (AvgIpc) is 2.60. The lowest BCUT2D eigenvalue weighted by Crippen LogP contribution is -2.54. The molecule has 1 aliphatic rings. The highest BCUT2D eigenvalue weighted by molar-refractivity contribution is 5.76. The lowest BCUT2D eigenvalue weighted by atomic mass is 10.1. The molecule has 0 bridgehead atoms. The maximum Gasteiger partial charge on any atom is 0.244 e. The molecule has 1 aliphatic heterocycles. The minimum atomic E-state index is -0.295. The van der Waals surface area contributed by atoms with Crippen LogP contribution in [0.3, 0.4) is 0 Å². The first-order valence-electron chi connectivity index (χ1n) is 6.10. The first-order chi connectivity index (χ1) is 8.35. The van der Waals surface area contributed by atoms with E-state index in [0.717, 1.165) is 0 Å². The van der Waals surface area contributed by atoms with Crippen molar-refractivity contribution in [3.8, 4) is 0 Å². The van der Waals surface area contributed by atoms with Gasteiger partial charge in [0.2, 0.25) is 5.91 Å². The molecule has 0 saturated carbocycles. The Morgan fingerprint density at radius 2 is 2.39 bits per heavy atom. The number of hydrogen-bond acceptors (Lipinski definition) is 4. The van der Waals surface area contributed by atoms with Gasteiger partial charge >= 0.3 is 0 Å². The van der Waals surface area contributed by atoms with Crippen molar-refractivity contribution in [2.45, 2.75) is 39.0 Å². The van der Waals surface area contributed by atoms with Gasteiger partial charge in [-0.2, -0.15) is 5.10 Å². The molecular formula is C12H20N4O2. The molecule has 1 atom stereocenters. The minimum absolute atomic E-state index is 0.0429. The van der Waals surface area contributed by atoms with Crippen LogP contribution in [0.25, 0.3) is 0 Å². The Balaban J connectivity index is 2.00. The second-order valence-electron chi connectivity index (χ2n) is 5.40. The van der Waals surface area contributed by atoms with Crippen LogP contribution in [0.15, 0.2) is 12.3 Å². The number of nitrogens with zero attached hydrogens (tertiary/aromatic N) is 3. The van der Waals surface area contributed by atoms with Gasteiger partial charge in [-0.25, -0.2) is 0 Å². The Morgan fingerprint density at radius 1 is 1.67 bits per heavy atom. The molecule has 1 aromatic heterocycles. The van der Waals surface area contributed by atoms with Gasteiger partial charge in [0.1, 0.15) is 12.4 Å². The second kappa shape index (κ2) is 4.61. The summed E-state index contributed by atoms with van der Waals surface area (Å²) in [6, 6.07) is 1.68. The van der Waals surface area contributed by atoms with Crippen molar-refractivity contribution in [2.75, 3.05) is 18.8 Å². The predicted octanol–water partition coefficient (Wildman–Crippen LogP) is 0.491. The average molecular weight is 252 g/mol. The van der Waals surface area contributed by atoms with E-state index in [1.165, 1.54) is 0 Å². The summed E-state index contributed by atoms with van der Waals surface area (Å²) in [5.41, 5.74) is 5.23. The number of carbonyl (C=O) groups is 1. The number of aromatic nitrogens is 2. The van der Waals surface area contributed by atoms with Crippen LogP contribution in [-0.2, 0) is 16.1 Å². The molecule has 2 rings (SSSR count). The van der Waals surface area contributed by atoms with Crippen LogP contribution < -0.4 is 5.73 Å². The third-order valence-corrected chi connectivity index (χ3v) is 2.88. The Kier molecular flexibility index (Phi) is 3.30. The van der Waals surface area contributed by atoms with E-state index < -0.39 is 0 Å². The van der Waals surface area contributed by atoms with Crippen LogP contribution in [0.5, 0.6) is 0 Å². The van der Waals surface area contributed by atoms with E-state index in [0.29, 0.717) is 18.9 Å². The third kappa shape index (κ3) is 3.01. The molecular weight excluding hydrogens is 232 g/mol. The Hall–Kier alpha value is -1.56. The van der Waals surface area contributed by atoms with E-state index in [4.69, 9.17) is 10.5 Å². The summed E-state index contributed by atoms with van der Waals surface area (Å²) >= 11 is 0. The van der Waals surface area contributed by atoms with Crippen molar-refractivity contribution in [1.29, 1.82) is 0 Å². The quantitative estimate of drug-likeness (QED) is 0.831. The molecule has 6 nitrogen and oxygen atoms in total. The van der Waals surface area contributed by atoms with Gasteiger partial charge in [0.25, 0.3) is 0 Å². The highest BCUT2D eigenvalue weighted by atomic mass is 16.5. The number of amides is 1. The van der Waals surface area contributed by atoms with Gasteiger partial charge in [0.15, 0.2) is 0 Å².